The second-order valence-electron chi connectivity index (χ2n) is 3.28. The van der Waals surface area contributed by atoms with Crippen molar-refractivity contribution in [1.29, 1.82) is 0 Å². The van der Waals surface area contributed by atoms with Gasteiger partial charge in [0.25, 0.3) is 5.91 Å². The van der Waals surface area contributed by atoms with E-state index in [-0.39, 0.29) is 11.9 Å². The Labute approximate surface area is 106 Å². The Bertz CT molecular complexity index is 368. The third kappa shape index (κ3) is 3.57. The van der Waals surface area contributed by atoms with Crippen molar-refractivity contribution < 1.29 is 4.79 Å². The number of pyridine rings is 1. The second-order valence-corrected chi connectivity index (χ2v) is 4.88. The molecule has 0 aliphatic heterocycles. The van der Waals surface area contributed by atoms with E-state index in [0.717, 1.165) is 10.9 Å². The number of carbonyl (C=O) groups excluding carboxylic acids is 1. The number of carbonyl (C=O) groups is 1. The van der Waals surface area contributed by atoms with E-state index in [1.807, 2.05) is 13.8 Å². The highest BCUT2D eigenvalue weighted by atomic mass is 79.9. The number of hydrogen-bond acceptors (Lipinski definition) is 2. The fourth-order valence-corrected chi connectivity index (χ4v) is 1.52. The summed E-state index contributed by atoms with van der Waals surface area (Å²) in [5, 5.41) is 2.88. The maximum Gasteiger partial charge on any atom is 0.253 e. The summed E-state index contributed by atoms with van der Waals surface area (Å²) in [5.41, 5.74) is 0.561. The third-order valence-electron chi connectivity index (χ3n) is 2.05. The van der Waals surface area contributed by atoms with Crippen LogP contribution < -0.4 is 5.32 Å². The molecule has 0 aromatic carbocycles. The number of rotatable bonds is 3. The van der Waals surface area contributed by atoms with Gasteiger partial charge in [-0.2, -0.15) is 0 Å². The van der Waals surface area contributed by atoms with Gasteiger partial charge in [0.2, 0.25) is 0 Å². The number of nitrogens with one attached hydrogen (secondary N) is 1. The zero-order chi connectivity index (χ0) is 11.4. The first kappa shape index (κ1) is 12.6. The topological polar surface area (TPSA) is 42.0 Å². The summed E-state index contributed by atoms with van der Waals surface area (Å²) in [6, 6.07) is 1.93. The van der Waals surface area contributed by atoms with Gasteiger partial charge in [-0.05, 0) is 51.3 Å². The van der Waals surface area contributed by atoms with E-state index in [1.54, 1.807) is 12.3 Å². The van der Waals surface area contributed by atoms with Crippen LogP contribution in [-0.2, 0) is 0 Å². The number of halogens is 2. The van der Waals surface area contributed by atoms with Crippen molar-refractivity contribution in [2.24, 2.45) is 0 Å². The zero-order valence-electron chi connectivity index (χ0n) is 8.55. The van der Waals surface area contributed by atoms with Gasteiger partial charge in [0, 0.05) is 12.2 Å². The predicted molar refractivity (Wildman–Crippen MR) is 66.9 cm³/mol. The summed E-state index contributed by atoms with van der Waals surface area (Å²) >= 11 is 6.56. The first-order chi connectivity index (χ1) is 7.04. The standard InChI is InChI=1S/C10H12Br2N2O/c1-3-6(2)14-10(15)7-4-8(11)9(12)13-5-7/h4-6H,3H2,1-2H3,(H,14,15). The molecule has 0 aliphatic rings. The molecule has 1 aromatic rings. The largest absolute Gasteiger partial charge is 0.350 e. The van der Waals surface area contributed by atoms with Gasteiger partial charge in [-0.1, -0.05) is 6.92 Å². The molecule has 1 rings (SSSR count). The van der Waals surface area contributed by atoms with Gasteiger partial charge in [0.05, 0.1) is 10.0 Å². The molecule has 0 fully saturated rings. The average molecular weight is 336 g/mol. The van der Waals surface area contributed by atoms with Crippen molar-refractivity contribution in [2.45, 2.75) is 26.3 Å². The van der Waals surface area contributed by atoms with Crippen LogP contribution in [0.2, 0.25) is 0 Å². The van der Waals surface area contributed by atoms with Crippen molar-refractivity contribution in [2.75, 3.05) is 0 Å². The quantitative estimate of drug-likeness (QED) is 0.862. The molecular formula is C10H12Br2N2O. The summed E-state index contributed by atoms with van der Waals surface area (Å²) in [6.45, 7) is 4.00. The SMILES string of the molecule is CCC(C)NC(=O)c1cnc(Br)c(Br)c1. The van der Waals surface area contributed by atoms with Crippen LogP contribution in [0.25, 0.3) is 0 Å². The van der Waals surface area contributed by atoms with E-state index in [1.165, 1.54) is 0 Å². The highest BCUT2D eigenvalue weighted by Gasteiger charge is 2.10. The summed E-state index contributed by atoms with van der Waals surface area (Å²) in [7, 11) is 0. The Morgan fingerprint density at radius 3 is 2.80 bits per heavy atom. The van der Waals surface area contributed by atoms with Crippen LogP contribution in [0.3, 0.4) is 0 Å². The first-order valence-corrected chi connectivity index (χ1v) is 6.25. The molecule has 0 radical (unpaired) electrons. The van der Waals surface area contributed by atoms with E-state index in [4.69, 9.17) is 0 Å². The van der Waals surface area contributed by atoms with Crippen molar-refractivity contribution in [3.05, 3.63) is 26.9 Å². The lowest BCUT2D eigenvalue weighted by Gasteiger charge is -2.11. The highest BCUT2D eigenvalue weighted by Crippen LogP contribution is 2.20. The molecule has 15 heavy (non-hydrogen) atoms. The average Bonchev–Trinajstić information content (AvgIpc) is 2.21. The van der Waals surface area contributed by atoms with Gasteiger partial charge in [-0.3, -0.25) is 4.79 Å². The molecular weight excluding hydrogens is 324 g/mol. The molecule has 1 unspecified atom stereocenters. The molecule has 0 saturated heterocycles. The molecule has 1 atom stereocenters. The minimum Gasteiger partial charge on any atom is -0.350 e. The molecule has 1 aromatic heterocycles. The lowest BCUT2D eigenvalue weighted by atomic mass is 10.2. The number of aromatic nitrogens is 1. The van der Waals surface area contributed by atoms with E-state index in [2.05, 4.69) is 42.2 Å². The Morgan fingerprint density at radius 2 is 2.27 bits per heavy atom. The summed E-state index contributed by atoms with van der Waals surface area (Å²) in [5.74, 6) is -0.0925. The van der Waals surface area contributed by atoms with Gasteiger partial charge in [0.15, 0.2) is 0 Å². The van der Waals surface area contributed by atoms with E-state index in [9.17, 15) is 4.79 Å². The van der Waals surface area contributed by atoms with E-state index >= 15 is 0 Å². The lowest BCUT2D eigenvalue weighted by Crippen LogP contribution is -2.31. The van der Waals surface area contributed by atoms with Crippen molar-refractivity contribution in [3.8, 4) is 0 Å². The normalized spacial score (nSPS) is 12.3. The van der Waals surface area contributed by atoms with Crippen LogP contribution in [0.5, 0.6) is 0 Å². The highest BCUT2D eigenvalue weighted by molar-refractivity contribution is 9.13. The van der Waals surface area contributed by atoms with Crippen molar-refractivity contribution in [3.63, 3.8) is 0 Å². The first-order valence-electron chi connectivity index (χ1n) is 4.66. The Balaban J connectivity index is 2.78. The minimum atomic E-state index is -0.0925. The van der Waals surface area contributed by atoms with Gasteiger partial charge in [0.1, 0.15) is 4.60 Å². The van der Waals surface area contributed by atoms with Gasteiger partial charge < -0.3 is 5.32 Å². The van der Waals surface area contributed by atoms with Gasteiger partial charge in [-0.25, -0.2) is 4.98 Å². The van der Waals surface area contributed by atoms with Crippen LogP contribution in [0, 0.1) is 0 Å². The third-order valence-corrected chi connectivity index (χ3v) is 3.82. The van der Waals surface area contributed by atoms with Gasteiger partial charge in [-0.15, -0.1) is 0 Å². The fraction of sp³-hybridized carbons (Fsp3) is 0.400. The molecule has 82 valence electrons. The summed E-state index contributed by atoms with van der Waals surface area (Å²) < 4.78 is 1.47. The molecule has 5 heteroatoms. The number of nitrogens with zero attached hydrogens (tertiary/aromatic N) is 1. The van der Waals surface area contributed by atoms with Crippen molar-refractivity contribution >= 4 is 37.8 Å². The van der Waals surface area contributed by atoms with Crippen LogP contribution in [-0.4, -0.2) is 16.9 Å². The smallest absolute Gasteiger partial charge is 0.253 e. The van der Waals surface area contributed by atoms with E-state index < -0.39 is 0 Å². The number of hydrogen-bond donors (Lipinski definition) is 1. The molecule has 1 N–H and O–H groups in total. The molecule has 1 amide bonds. The maximum absolute atomic E-state index is 11.7. The molecule has 0 saturated carbocycles. The van der Waals surface area contributed by atoms with Crippen LogP contribution in [0.4, 0.5) is 0 Å². The maximum atomic E-state index is 11.7. The van der Waals surface area contributed by atoms with Crippen LogP contribution in [0.15, 0.2) is 21.3 Å². The zero-order valence-corrected chi connectivity index (χ0v) is 11.7. The Kier molecular flexibility index (Phi) is 4.73. The minimum absolute atomic E-state index is 0.0925. The Morgan fingerprint density at radius 1 is 1.60 bits per heavy atom. The predicted octanol–water partition coefficient (Wildman–Crippen LogP) is 3.13. The van der Waals surface area contributed by atoms with Crippen molar-refractivity contribution in [1.82, 2.24) is 10.3 Å². The van der Waals surface area contributed by atoms with Crippen LogP contribution >= 0.6 is 31.9 Å². The molecule has 0 spiro atoms. The lowest BCUT2D eigenvalue weighted by molar-refractivity contribution is 0.0939. The Hall–Kier alpha value is -0.420. The molecule has 0 bridgehead atoms. The number of amides is 1. The summed E-state index contributed by atoms with van der Waals surface area (Å²) in [4.78, 5) is 15.7. The monoisotopic (exact) mass is 334 g/mol. The van der Waals surface area contributed by atoms with Crippen LogP contribution in [0.1, 0.15) is 30.6 Å². The molecule has 3 nitrogen and oxygen atoms in total. The second kappa shape index (κ2) is 5.61. The van der Waals surface area contributed by atoms with Gasteiger partial charge >= 0.3 is 0 Å². The molecule has 1 heterocycles. The van der Waals surface area contributed by atoms with E-state index in [0.29, 0.717) is 10.2 Å². The molecule has 0 aliphatic carbocycles. The summed E-state index contributed by atoms with van der Waals surface area (Å²) in [6.07, 6.45) is 2.46. The fourth-order valence-electron chi connectivity index (χ4n) is 0.955.